The third kappa shape index (κ3) is 4.24. The zero-order chi connectivity index (χ0) is 18.8. The van der Waals surface area contributed by atoms with Crippen LogP contribution >= 0.6 is 0 Å². The Hall–Kier alpha value is -2.69. The molecule has 0 spiro atoms. The number of nitrogens with zero attached hydrogens (tertiary/aromatic N) is 2. The van der Waals surface area contributed by atoms with Crippen LogP contribution in [0.2, 0.25) is 0 Å². The molecule has 2 aromatic rings. The third-order valence-electron chi connectivity index (χ3n) is 3.06. The molecule has 1 aromatic heterocycles. The molecule has 0 unspecified atom stereocenters. The van der Waals surface area contributed by atoms with Gasteiger partial charge in [0.05, 0.1) is 11.3 Å². The summed E-state index contributed by atoms with van der Waals surface area (Å²) < 4.78 is 62.5. The van der Waals surface area contributed by atoms with Gasteiger partial charge < -0.3 is 10.6 Å². The number of rotatable bonds is 4. The highest BCUT2D eigenvalue weighted by atomic mass is 32.2. The zero-order valence-electron chi connectivity index (χ0n) is 13.0. The van der Waals surface area contributed by atoms with E-state index < -0.39 is 38.5 Å². The zero-order valence-corrected chi connectivity index (χ0v) is 13.9. The smallest absolute Gasteiger partial charge is 0.355 e. The number of aromatic nitrogens is 2. The molecule has 2 N–H and O–H groups in total. The van der Waals surface area contributed by atoms with Gasteiger partial charge in [-0.05, 0) is 12.1 Å². The number of alkyl halides is 3. The summed E-state index contributed by atoms with van der Waals surface area (Å²) in [5.74, 6) is -1.30. The Bertz CT molecular complexity index is 914. The summed E-state index contributed by atoms with van der Waals surface area (Å²) in [4.78, 5) is 18.6. The van der Waals surface area contributed by atoms with E-state index in [1.807, 2.05) is 0 Å². The van der Waals surface area contributed by atoms with E-state index in [1.54, 1.807) is 0 Å². The minimum atomic E-state index is -4.82. The molecule has 0 aliphatic carbocycles. The number of anilines is 2. The second-order valence-corrected chi connectivity index (χ2v) is 6.84. The molecule has 0 radical (unpaired) electrons. The van der Waals surface area contributed by atoms with Crippen LogP contribution < -0.4 is 10.6 Å². The Kier molecular flexibility index (Phi) is 4.97. The number of halogens is 3. The Morgan fingerprint density at radius 1 is 1.20 bits per heavy atom. The van der Waals surface area contributed by atoms with Crippen LogP contribution in [0, 0.1) is 0 Å². The summed E-state index contributed by atoms with van der Waals surface area (Å²) >= 11 is 0. The van der Waals surface area contributed by atoms with Crippen LogP contribution in [0.15, 0.2) is 35.6 Å². The SMILES string of the molecule is CNC(=O)c1ccccc1Nc1nc(S(C)(=O)=O)ncc1C(F)(F)F. The highest BCUT2D eigenvalue weighted by molar-refractivity contribution is 7.90. The Morgan fingerprint density at radius 2 is 1.84 bits per heavy atom. The summed E-state index contributed by atoms with van der Waals surface area (Å²) in [7, 11) is -2.55. The van der Waals surface area contributed by atoms with Crippen LogP contribution in [0.3, 0.4) is 0 Å². The molecular weight excluding hydrogens is 361 g/mol. The van der Waals surface area contributed by atoms with E-state index >= 15 is 0 Å². The molecule has 25 heavy (non-hydrogen) atoms. The highest BCUT2D eigenvalue weighted by Gasteiger charge is 2.36. The lowest BCUT2D eigenvalue weighted by atomic mass is 10.1. The van der Waals surface area contributed by atoms with E-state index in [9.17, 15) is 26.4 Å². The third-order valence-corrected chi connectivity index (χ3v) is 3.92. The second-order valence-electron chi connectivity index (χ2n) is 4.93. The predicted molar refractivity (Wildman–Crippen MR) is 83.3 cm³/mol. The highest BCUT2D eigenvalue weighted by Crippen LogP contribution is 2.35. The fraction of sp³-hybridized carbons (Fsp3) is 0.214. The number of nitrogens with one attached hydrogen (secondary N) is 2. The molecule has 0 saturated carbocycles. The lowest BCUT2D eigenvalue weighted by molar-refractivity contribution is -0.137. The van der Waals surface area contributed by atoms with Gasteiger partial charge in [0.15, 0.2) is 0 Å². The number of amides is 1. The second kappa shape index (κ2) is 6.67. The molecule has 134 valence electrons. The maximum absolute atomic E-state index is 13.2. The molecule has 0 fully saturated rings. The fourth-order valence-electron chi connectivity index (χ4n) is 1.90. The summed E-state index contributed by atoms with van der Waals surface area (Å²) in [6.07, 6.45) is -3.66. The van der Waals surface area contributed by atoms with Crippen molar-refractivity contribution in [1.29, 1.82) is 0 Å². The number of hydrogen-bond donors (Lipinski definition) is 2. The minimum Gasteiger partial charge on any atom is -0.355 e. The van der Waals surface area contributed by atoms with Gasteiger partial charge in [0.2, 0.25) is 15.0 Å². The molecule has 1 aromatic carbocycles. The van der Waals surface area contributed by atoms with Gasteiger partial charge in [-0.15, -0.1) is 0 Å². The summed E-state index contributed by atoms with van der Waals surface area (Å²) in [6, 6.07) is 5.79. The van der Waals surface area contributed by atoms with Crippen LogP contribution in [-0.2, 0) is 16.0 Å². The normalized spacial score (nSPS) is 11.9. The topological polar surface area (TPSA) is 101 Å². The molecule has 11 heteroatoms. The Labute approximate surface area is 141 Å². The average molecular weight is 374 g/mol. The number of carbonyl (C=O) groups excluding carboxylic acids is 1. The molecular formula is C14H13F3N4O3S. The van der Waals surface area contributed by atoms with Crippen LogP contribution in [0.1, 0.15) is 15.9 Å². The Morgan fingerprint density at radius 3 is 2.40 bits per heavy atom. The molecule has 0 bridgehead atoms. The first-order chi connectivity index (χ1) is 11.5. The van der Waals surface area contributed by atoms with Crippen molar-refractivity contribution in [1.82, 2.24) is 15.3 Å². The van der Waals surface area contributed by atoms with Crippen LogP contribution in [0.25, 0.3) is 0 Å². The van der Waals surface area contributed by atoms with Crippen LogP contribution in [0.5, 0.6) is 0 Å². The maximum Gasteiger partial charge on any atom is 0.421 e. The molecule has 0 saturated heterocycles. The Balaban J connectivity index is 2.60. The van der Waals surface area contributed by atoms with Crippen molar-refractivity contribution in [3.8, 4) is 0 Å². The lowest BCUT2D eigenvalue weighted by Gasteiger charge is -2.15. The van der Waals surface area contributed by atoms with Gasteiger partial charge in [-0.3, -0.25) is 4.79 Å². The van der Waals surface area contributed by atoms with Crippen LogP contribution in [0.4, 0.5) is 24.7 Å². The number of benzene rings is 1. The molecule has 1 heterocycles. The van der Waals surface area contributed by atoms with E-state index in [2.05, 4.69) is 20.6 Å². The van der Waals surface area contributed by atoms with Crippen molar-refractivity contribution in [2.24, 2.45) is 0 Å². The summed E-state index contributed by atoms with van der Waals surface area (Å²) in [5.41, 5.74) is -1.16. The van der Waals surface area contributed by atoms with Gasteiger partial charge in [-0.2, -0.15) is 13.2 Å². The van der Waals surface area contributed by atoms with Gasteiger partial charge in [0, 0.05) is 19.5 Å². The van der Waals surface area contributed by atoms with Gasteiger partial charge in [-0.25, -0.2) is 18.4 Å². The molecule has 1 amide bonds. The molecule has 0 atom stereocenters. The molecule has 0 aliphatic rings. The van der Waals surface area contributed by atoms with Gasteiger partial charge in [-0.1, -0.05) is 12.1 Å². The summed E-state index contributed by atoms with van der Waals surface area (Å²) in [5, 5.41) is 3.97. The van der Waals surface area contributed by atoms with Crippen molar-refractivity contribution in [3.63, 3.8) is 0 Å². The average Bonchev–Trinajstić information content (AvgIpc) is 2.52. The van der Waals surface area contributed by atoms with Crippen molar-refractivity contribution in [2.75, 3.05) is 18.6 Å². The van der Waals surface area contributed by atoms with Crippen molar-refractivity contribution in [3.05, 3.63) is 41.6 Å². The van der Waals surface area contributed by atoms with E-state index in [0.717, 1.165) is 6.26 Å². The lowest BCUT2D eigenvalue weighted by Crippen LogP contribution is -2.20. The quantitative estimate of drug-likeness (QED) is 0.794. The van der Waals surface area contributed by atoms with Crippen molar-refractivity contribution in [2.45, 2.75) is 11.3 Å². The minimum absolute atomic E-state index is 0.0329. The largest absolute Gasteiger partial charge is 0.421 e. The fourth-order valence-corrected chi connectivity index (χ4v) is 2.40. The number of sulfone groups is 1. The van der Waals surface area contributed by atoms with E-state index in [-0.39, 0.29) is 11.3 Å². The molecule has 0 aliphatic heterocycles. The van der Waals surface area contributed by atoms with Gasteiger partial charge >= 0.3 is 6.18 Å². The summed E-state index contributed by atoms with van der Waals surface area (Å²) in [6.45, 7) is 0. The van der Waals surface area contributed by atoms with Crippen LogP contribution in [-0.4, -0.2) is 37.6 Å². The standard InChI is InChI=1S/C14H13F3N4O3S/c1-18-12(22)8-5-3-4-6-10(8)20-11-9(14(15,16)17)7-19-13(21-11)25(2,23)24/h3-7H,1-2H3,(H,18,22)(H,19,20,21). The van der Waals surface area contributed by atoms with Crippen molar-refractivity contribution < 1.29 is 26.4 Å². The molecule has 2 rings (SSSR count). The van der Waals surface area contributed by atoms with Gasteiger partial charge in [0.25, 0.3) is 5.91 Å². The number of para-hydroxylation sites is 1. The van der Waals surface area contributed by atoms with Crippen molar-refractivity contribution >= 4 is 27.2 Å². The number of hydrogen-bond acceptors (Lipinski definition) is 6. The van der Waals surface area contributed by atoms with E-state index in [1.165, 1.54) is 31.3 Å². The van der Waals surface area contributed by atoms with E-state index in [0.29, 0.717) is 6.20 Å². The van der Waals surface area contributed by atoms with Gasteiger partial charge in [0.1, 0.15) is 11.4 Å². The predicted octanol–water partition coefficient (Wildman–Crippen LogP) is 2.00. The first-order valence-electron chi connectivity index (χ1n) is 6.76. The first kappa shape index (κ1) is 18.6. The number of carbonyl (C=O) groups is 1. The van der Waals surface area contributed by atoms with E-state index in [4.69, 9.17) is 0 Å². The molecule has 7 nitrogen and oxygen atoms in total. The first-order valence-corrected chi connectivity index (χ1v) is 8.65. The maximum atomic E-state index is 13.2. The monoisotopic (exact) mass is 374 g/mol.